The van der Waals surface area contributed by atoms with Gasteiger partial charge in [-0.25, -0.2) is 4.99 Å². The second-order valence-corrected chi connectivity index (χ2v) is 6.25. The van der Waals surface area contributed by atoms with E-state index in [-0.39, 0.29) is 12.5 Å². The molecule has 24 heavy (non-hydrogen) atoms. The number of rotatable bonds is 10. The summed E-state index contributed by atoms with van der Waals surface area (Å²) in [6.45, 7) is 5.20. The van der Waals surface area contributed by atoms with Gasteiger partial charge in [-0.15, -0.1) is 0 Å². The maximum Gasteiger partial charge on any atom is 0.243 e. The molecule has 1 atom stereocenters. The molecule has 6 heteroatoms. The summed E-state index contributed by atoms with van der Waals surface area (Å²) < 4.78 is 5.33. The van der Waals surface area contributed by atoms with E-state index >= 15 is 0 Å². The predicted molar refractivity (Wildman–Crippen MR) is 98.2 cm³/mol. The summed E-state index contributed by atoms with van der Waals surface area (Å²) >= 11 is 0. The van der Waals surface area contributed by atoms with Crippen LogP contribution in [0.25, 0.3) is 0 Å². The van der Waals surface area contributed by atoms with Crippen LogP contribution in [0.2, 0.25) is 0 Å². The van der Waals surface area contributed by atoms with Gasteiger partial charge >= 0.3 is 0 Å². The molecule has 0 aromatic carbocycles. The van der Waals surface area contributed by atoms with Crippen LogP contribution in [0, 0.1) is 0 Å². The van der Waals surface area contributed by atoms with E-state index in [2.05, 4.69) is 29.5 Å². The molecule has 1 rings (SSSR count). The Morgan fingerprint density at radius 1 is 1.38 bits per heavy atom. The minimum Gasteiger partial charge on any atom is -0.469 e. The number of hydrogen-bond acceptors (Lipinski definition) is 3. The Labute approximate surface area is 145 Å². The molecule has 0 spiro atoms. The molecule has 0 saturated carbocycles. The molecular formula is C18H32N4O2. The first-order chi connectivity index (χ1) is 11.5. The van der Waals surface area contributed by atoms with Crippen molar-refractivity contribution in [2.45, 2.75) is 52.0 Å². The Bertz CT molecular complexity index is 483. The monoisotopic (exact) mass is 336 g/mol. The second-order valence-electron chi connectivity index (χ2n) is 6.25. The number of carbonyl (C=O) groups is 1. The van der Waals surface area contributed by atoms with Gasteiger partial charge in [-0.2, -0.15) is 0 Å². The zero-order chi connectivity index (χ0) is 17.8. The van der Waals surface area contributed by atoms with Crippen molar-refractivity contribution in [1.29, 1.82) is 0 Å². The predicted octanol–water partition coefficient (Wildman–Crippen LogP) is 2.41. The summed E-state index contributed by atoms with van der Waals surface area (Å²) in [5, 5.41) is 6.67. The Kier molecular flexibility index (Phi) is 9.65. The largest absolute Gasteiger partial charge is 0.469 e. The first-order valence-corrected chi connectivity index (χ1v) is 8.80. The summed E-state index contributed by atoms with van der Waals surface area (Å²) in [5.41, 5.74) is 0. The first kappa shape index (κ1) is 20.1. The van der Waals surface area contributed by atoms with Crippen molar-refractivity contribution >= 4 is 11.9 Å². The molecule has 0 radical (unpaired) electrons. The summed E-state index contributed by atoms with van der Waals surface area (Å²) in [6.07, 6.45) is 7.19. The number of amides is 1. The van der Waals surface area contributed by atoms with Crippen LogP contribution < -0.4 is 10.6 Å². The molecule has 1 aromatic heterocycles. The van der Waals surface area contributed by atoms with E-state index in [4.69, 9.17) is 4.42 Å². The molecule has 0 bridgehead atoms. The number of hydrogen-bond donors (Lipinski definition) is 2. The molecule has 1 heterocycles. The Morgan fingerprint density at radius 2 is 2.17 bits per heavy atom. The zero-order valence-electron chi connectivity index (χ0n) is 15.5. The number of unbranched alkanes of at least 4 members (excludes halogenated alkanes) is 2. The topological polar surface area (TPSA) is 69.9 Å². The van der Waals surface area contributed by atoms with Crippen molar-refractivity contribution in [3.63, 3.8) is 0 Å². The lowest BCUT2D eigenvalue weighted by atomic mass is 10.1. The van der Waals surface area contributed by atoms with Gasteiger partial charge in [0.1, 0.15) is 12.3 Å². The average Bonchev–Trinajstić information content (AvgIpc) is 3.05. The number of nitrogens with one attached hydrogen (secondary N) is 2. The highest BCUT2D eigenvalue weighted by molar-refractivity contribution is 5.84. The number of guanidine groups is 1. The van der Waals surface area contributed by atoms with Crippen LogP contribution in [-0.2, 0) is 11.2 Å². The molecule has 1 unspecified atom stereocenters. The normalized spacial score (nSPS) is 12.8. The molecule has 1 aromatic rings. The second kappa shape index (κ2) is 11.5. The minimum absolute atomic E-state index is 0.0132. The zero-order valence-corrected chi connectivity index (χ0v) is 15.5. The fourth-order valence-electron chi connectivity index (χ4n) is 2.21. The van der Waals surface area contributed by atoms with E-state index in [1.807, 2.05) is 12.1 Å². The highest BCUT2D eigenvalue weighted by Crippen LogP contribution is 2.03. The fraction of sp³-hybridized carbons (Fsp3) is 0.667. The minimum atomic E-state index is -0.0132. The molecule has 0 aliphatic heterocycles. The maximum absolute atomic E-state index is 11.8. The van der Waals surface area contributed by atoms with Crippen molar-refractivity contribution in [3.05, 3.63) is 24.2 Å². The quantitative estimate of drug-likeness (QED) is 0.391. The van der Waals surface area contributed by atoms with Gasteiger partial charge in [0.05, 0.1) is 6.26 Å². The number of furan rings is 1. The lowest BCUT2D eigenvalue weighted by molar-refractivity contribution is -0.127. The van der Waals surface area contributed by atoms with Crippen molar-refractivity contribution in [1.82, 2.24) is 15.5 Å². The van der Waals surface area contributed by atoms with Gasteiger partial charge in [-0.3, -0.25) is 4.79 Å². The third kappa shape index (κ3) is 8.60. The Balaban J connectivity index is 2.50. The smallest absolute Gasteiger partial charge is 0.243 e. The van der Waals surface area contributed by atoms with E-state index in [1.54, 1.807) is 25.3 Å². The van der Waals surface area contributed by atoms with Crippen LogP contribution >= 0.6 is 0 Å². The van der Waals surface area contributed by atoms with Gasteiger partial charge in [0.25, 0.3) is 0 Å². The van der Waals surface area contributed by atoms with E-state index in [9.17, 15) is 4.79 Å². The van der Waals surface area contributed by atoms with Crippen LogP contribution in [0.1, 0.15) is 45.3 Å². The summed E-state index contributed by atoms with van der Waals surface area (Å²) in [5.74, 6) is 1.60. The highest BCUT2D eigenvalue weighted by atomic mass is 16.3. The van der Waals surface area contributed by atoms with Crippen LogP contribution in [0.5, 0.6) is 0 Å². The van der Waals surface area contributed by atoms with Crippen molar-refractivity contribution < 1.29 is 9.21 Å². The van der Waals surface area contributed by atoms with Gasteiger partial charge in [-0.05, 0) is 25.5 Å². The summed E-state index contributed by atoms with van der Waals surface area (Å²) in [6, 6.07) is 4.16. The highest BCUT2D eigenvalue weighted by Gasteiger charge is 2.08. The van der Waals surface area contributed by atoms with E-state index in [1.165, 1.54) is 19.3 Å². The molecule has 136 valence electrons. The van der Waals surface area contributed by atoms with Gasteiger partial charge in [0.15, 0.2) is 5.96 Å². The molecule has 1 amide bonds. The van der Waals surface area contributed by atoms with Gasteiger partial charge in [0.2, 0.25) is 5.91 Å². The summed E-state index contributed by atoms with van der Waals surface area (Å²) in [4.78, 5) is 17.7. The lowest BCUT2D eigenvalue weighted by Crippen LogP contribution is -2.43. The third-order valence-corrected chi connectivity index (χ3v) is 3.74. The molecule has 0 aliphatic carbocycles. The average molecular weight is 336 g/mol. The van der Waals surface area contributed by atoms with Crippen molar-refractivity contribution in [3.8, 4) is 0 Å². The Morgan fingerprint density at radius 3 is 2.79 bits per heavy atom. The summed E-state index contributed by atoms with van der Waals surface area (Å²) in [7, 11) is 3.48. The lowest BCUT2D eigenvalue weighted by Gasteiger charge is -2.18. The molecule has 0 saturated heterocycles. The van der Waals surface area contributed by atoms with E-state index in [0.717, 1.165) is 18.6 Å². The number of nitrogens with zero attached hydrogens (tertiary/aromatic N) is 2. The van der Waals surface area contributed by atoms with Gasteiger partial charge in [0, 0.05) is 33.1 Å². The molecule has 6 nitrogen and oxygen atoms in total. The fourth-order valence-corrected chi connectivity index (χ4v) is 2.21. The van der Waals surface area contributed by atoms with Crippen LogP contribution in [0.3, 0.4) is 0 Å². The van der Waals surface area contributed by atoms with Gasteiger partial charge in [-0.1, -0.05) is 26.2 Å². The molecule has 2 N–H and O–H groups in total. The number of likely N-dealkylation sites (N-methyl/N-ethyl adjacent to an activating group) is 1. The van der Waals surface area contributed by atoms with Crippen LogP contribution in [0.4, 0.5) is 0 Å². The molecule has 0 fully saturated rings. The van der Waals surface area contributed by atoms with Crippen molar-refractivity contribution in [2.75, 3.05) is 27.2 Å². The van der Waals surface area contributed by atoms with E-state index in [0.29, 0.717) is 18.5 Å². The van der Waals surface area contributed by atoms with Crippen molar-refractivity contribution in [2.24, 2.45) is 4.99 Å². The first-order valence-electron chi connectivity index (χ1n) is 8.80. The van der Waals surface area contributed by atoms with Gasteiger partial charge < -0.3 is 20.0 Å². The SMILES string of the molecule is CCCCCC(C)NC(=NCC(=O)N(C)C)NCCc1ccco1. The standard InChI is InChI=1S/C18H32N4O2/c1-5-6-7-9-15(2)21-18(20-14-17(23)22(3)4)19-12-11-16-10-8-13-24-16/h8,10,13,15H,5-7,9,11-12,14H2,1-4H3,(H2,19,20,21). The molecular weight excluding hydrogens is 304 g/mol. The maximum atomic E-state index is 11.8. The number of carbonyl (C=O) groups excluding carboxylic acids is 1. The third-order valence-electron chi connectivity index (χ3n) is 3.74. The van der Waals surface area contributed by atoms with E-state index < -0.39 is 0 Å². The Hall–Kier alpha value is -1.98. The molecule has 0 aliphatic rings. The van der Waals surface area contributed by atoms with Crippen LogP contribution in [-0.4, -0.2) is 50.0 Å². The number of aliphatic imine (C=N–C) groups is 1. The van der Waals surface area contributed by atoms with Crippen LogP contribution in [0.15, 0.2) is 27.8 Å².